The number of alkyl halides is 1. The molecule has 2 nitrogen and oxygen atoms in total. The molecule has 0 aliphatic rings. The molecule has 0 spiro atoms. The van der Waals surface area contributed by atoms with Gasteiger partial charge in [0.05, 0.1) is 6.61 Å². The van der Waals surface area contributed by atoms with Gasteiger partial charge in [0.15, 0.2) is 0 Å². The van der Waals surface area contributed by atoms with Gasteiger partial charge in [0, 0.05) is 0 Å². The molecule has 0 aromatic carbocycles. The molecule has 0 saturated carbocycles. The topological polar surface area (TPSA) is 26.3 Å². The molecule has 0 radical (unpaired) electrons. The predicted octanol–water partition coefficient (Wildman–Crippen LogP) is 1.57. The minimum atomic E-state index is -0.879. The van der Waals surface area contributed by atoms with Crippen molar-refractivity contribution in [3.8, 4) is 0 Å². The van der Waals surface area contributed by atoms with Crippen LogP contribution in [-0.4, -0.2) is 17.5 Å². The first-order chi connectivity index (χ1) is 3.98. The Bertz CT molecular complexity index is 104. The second-order valence-corrected chi connectivity index (χ2v) is 3.14. The second kappa shape index (κ2) is 3.06. The van der Waals surface area contributed by atoms with Crippen molar-refractivity contribution in [3.63, 3.8) is 0 Å². The van der Waals surface area contributed by atoms with E-state index in [1.807, 2.05) is 0 Å². The third-order valence-corrected chi connectivity index (χ3v) is 0.915. The van der Waals surface area contributed by atoms with E-state index in [0.29, 0.717) is 6.61 Å². The van der Waals surface area contributed by atoms with E-state index in [1.165, 1.54) is 0 Å². The average molecular weight is 151 g/mol. The predicted molar refractivity (Wildman–Crippen MR) is 36.6 cm³/mol. The molecule has 0 aromatic rings. The summed E-state index contributed by atoms with van der Waals surface area (Å²) in [6, 6.07) is 0. The van der Waals surface area contributed by atoms with Crippen molar-refractivity contribution in [1.82, 2.24) is 0 Å². The van der Waals surface area contributed by atoms with Crippen LogP contribution in [0.25, 0.3) is 0 Å². The molecular formula is C6H11ClO2. The number of carbonyl (C=O) groups is 1. The lowest BCUT2D eigenvalue weighted by Gasteiger charge is -2.12. The zero-order valence-corrected chi connectivity index (χ0v) is 6.66. The molecule has 0 N–H and O–H groups in total. The maximum atomic E-state index is 10.7. The highest BCUT2D eigenvalue weighted by atomic mass is 35.5. The number of halogens is 1. The van der Waals surface area contributed by atoms with E-state index in [0.717, 1.165) is 0 Å². The van der Waals surface area contributed by atoms with Crippen LogP contribution in [0, 0.1) is 0 Å². The van der Waals surface area contributed by atoms with Gasteiger partial charge in [0.1, 0.15) is 4.87 Å². The molecule has 0 heterocycles. The largest absolute Gasteiger partial charge is 0.465 e. The molecule has 0 unspecified atom stereocenters. The molecule has 0 fully saturated rings. The van der Waals surface area contributed by atoms with Gasteiger partial charge in [0.25, 0.3) is 0 Å². The van der Waals surface area contributed by atoms with Crippen molar-refractivity contribution in [2.45, 2.75) is 25.6 Å². The van der Waals surface area contributed by atoms with Crippen molar-refractivity contribution in [3.05, 3.63) is 0 Å². The fraction of sp³-hybridized carbons (Fsp3) is 0.833. The molecule has 0 aromatic heterocycles. The first-order valence-electron chi connectivity index (χ1n) is 2.84. The lowest BCUT2D eigenvalue weighted by Crippen LogP contribution is -2.26. The number of ether oxygens (including phenoxy) is 1. The zero-order valence-electron chi connectivity index (χ0n) is 5.90. The lowest BCUT2D eigenvalue weighted by molar-refractivity contribution is -0.145. The second-order valence-electron chi connectivity index (χ2n) is 2.19. The van der Waals surface area contributed by atoms with Gasteiger partial charge in [-0.25, -0.2) is 0 Å². The van der Waals surface area contributed by atoms with Crippen LogP contribution >= 0.6 is 11.6 Å². The Morgan fingerprint density at radius 3 is 2.22 bits per heavy atom. The summed E-state index contributed by atoms with van der Waals surface area (Å²) in [5.41, 5.74) is 0. The molecule has 0 rings (SSSR count). The Morgan fingerprint density at radius 1 is 1.67 bits per heavy atom. The van der Waals surface area contributed by atoms with Gasteiger partial charge in [-0.15, -0.1) is 11.6 Å². The Labute approximate surface area is 60.1 Å². The van der Waals surface area contributed by atoms with Crippen molar-refractivity contribution < 1.29 is 9.53 Å². The van der Waals surface area contributed by atoms with Crippen LogP contribution in [0.3, 0.4) is 0 Å². The van der Waals surface area contributed by atoms with Gasteiger partial charge in [-0.3, -0.25) is 4.79 Å². The van der Waals surface area contributed by atoms with Crippen LogP contribution in [0.5, 0.6) is 0 Å². The van der Waals surface area contributed by atoms with Gasteiger partial charge in [-0.2, -0.15) is 0 Å². The van der Waals surface area contributed by atoms with Crippen LogP contribution in [-0.2, 0) is 9.53 Å². The molecule has 9 heavy (non-hydrogen) atoms. The lowest BCUT2D eigenvalue weighted by atomic mass is 10.2. The summed E-state index contributed by atoms with van der Waals surface area (Å²) in [4.78, 5) is 9.83. The Kier molecular flexibility index (Phi) is 2.98. The molecule has 54 valence electrons. The highest BCUT2D eigenvalue weighted by molar-refractivity contribution is 6.33. The normalized spacial score (nSPS) is 11.1. The summed E-state index contributed by atoms with van der Waals surface area (Å²) >= 11 is 5.59. The first-order valence-corrected chi connectivity index (χ1v) is 3.22. The fourth-order valence-corrected chi connectivity index (χ4v) is 0.357. The molecule has 0 atom stereocenters. The van der Waals surface area contributed by atoms with Crippen molar-refractivity contribution >= 4 is 17.6 Å². The highest BCUT2D eigenvalue weighted by Gasteiger charge is 2.25. The van der Waals surface area contributed by atoms with E-state index < -0.39 is 4.87 Å². The number of rotatable bonds is 2. The third-order valence-electron chi connectivity index (χ3n) is 0.761. The van der Waals surface area contributed by atoms with E-state index in [9.17, 15) is 4.79 Å². The van der Waals surface area contributed by atoms with Crippen LogP contribution < -0.4 is 0 Å². The number of hydrogen-bond acceptors (Lipinski definition) is 2. The van der Waals surface area contributed by atoms with Crippen LogP contribution in [0.4, 0.5) is 0 Å². The molecule has 0 saturated heterocycles. The number of hydrogen-bond donors (Lipinski definition) is 0. The number of esters is 1. The molecular weight excluding hydrogens is 140 g/mol. The van der Waals surface area contributed by atoms with E-state index in [1.54, 1.807) is 20.8 Å². The summed E-state index contributed by atoms with van der Waals surface area (Å²) in [5, 5.41) is 0. The minimum absolute atomic E-state index is 0.369. The molecule has 3 heteroatoms. The van der Waals surface area contributed by atoms with E-state index >= 15 is 0 Å². The molecule has 0 aliphatic carbocycles. The van der Waals surface area contributed by atoms with Crippen molar-refractivity contribution in [2.75, 3.05) is 6.61 Å². The van der Waals surface area contributed by atoms with Crippen molar-refractivity contribution in [2.24, 2.45) is 0 Å². The Balaban J connectivity index is 3.74. The monoisotopic (exact) mass is 150 g/mol. The summed E-state index contributed by atoms with van der Waals surface area (Å²) in [6.07, 6.45) is 0. The maximum Gasteiger partial charge on any atom is 0.326 e. The summed E-state index contributed by atoms with van der Waals surface area (Å²) in [7, 11) is 0. The van der Waals surface area contributed by atoms with Crippen LogP contribution in [0.15, 0.2) is 0 Å². The molecule has 0 bridgehead atoms. The van der Waals surface area contributed by atoms with Gasteiger partial charge in [0.2, 0.25) is 0 Å². The standard InChI is InChI=1S/C6H11ClO2/c1-4-9-5(8)6(2,3)7/h4H2,1-3H3. The van der Waals surface area contributed by atoms with Gasteiger partial charge < -0.3 is 4.74 Å². The summed E-state index contributed by atoms with van der Waals surface area (Å²) in [5.74, 6) is -0.369. The van der Waals surface area contributed by atoms with E-state index in [2.05, 4.69) is 4.74 Å². The Hall–Kier alpha value is -0.240. The van der Waals surface area contributed by atoms with Crippen molar-refractivity contribution in [1.29, 1.82) is 0 Å². The van der Waals surface area contributed by atoms with Crippen LogP contribution in [0.2, 0.25) is 0 Å². The SMILES string of the molecule is CCOC(=O)C(C)(C)Cl. The summed E-state index contributed by atoms with van der Waals surface area (Å²) < 4.78 is 4.64. The Morgan fingerprint density at radius 2 is 2.11 bits per heavy atom. The minimum Gasteiger partial charge on any atom is -0.465 e. The highest BCUT2D eigenvalue weighted by Crippen LogP contribution is 2.13. The average Bonchev–Trinajstić information content (AvgIpc) is 1.64. The zero-order chi connectivity index (χ0) is 7.49. The fourth-order valence-electron chi connectivity index (χ4n) is 0.303. The maximum absolute atomic E-state index is 10.7. The van der Waals surface area contributed by atoms with Gasteiger partial charge >= 0.3 is 5.97 Å². The van der Waals surface area contributed by atoms with Gasteiger partial charge in [-0.05, 0) is 20.8 Å². The third kappa shape index (κ3) is 3.36. The number of carbonyl (C=O) groups excluding carboxylic acids is 1. The first kappa shape index (κ1) is 8.76. The van der Waals surface area contributed by atoms with E-state index in [-0.39, 0.29) is 5.97 Å². The van der Waals surface area contributed by atoms with Gasteiger partial charge in [-0.1, -0.05) is 0 Å². The summed E-state index contributed by atoms with van der Waals surface area (Å²) in [6.45, 7) is 5.34. The molecule has 0 aliphatic heterocycles. The smallest absolute Gasteiger partial charge is 0.326 e. The quantitative estimate of drug-likeness (QED) is 0.441. The van der Waals surface area contributed by atoms with Crippen LogP contribution in [0.1, 0.15) is 20.8 Å². The van der Waals surface area contributed by atoms with E-state index in [4.69, 9.17) is 11.6 Å². The molecule has 0 amide bonds.